The van der Waals surface area contributed by atoms with Crippen molar-refractivity contribution >= 4 is 11.8 Å². The summed E-state index contributed by atoms with van der Waals surface area (Å²) < 4.78 is 5.85. The highest BCUT2D eigenvalue weighted by molar-refractivity contribution is 5.88. The molecule has 0 aromatic heterocycles. The molecule has 2 heterocycles. The van der Waals surface area contributed by atoms with Gasteiger partial charge in [-0.25, -0.2) is 4.79 Å². The molecule has 24 heavy (non-hydrogen) atoms. The number of amides is 1. The molecule has 5 rings (SSSR count). The predicted molar refractivity (Wildman–Crippen MR) is 92.9 cm³/mol. The minimum atomic E-state index is -0.414. The highest BCUT2D eigenvalue weighted by atomic mass is 16.6. The van der Waals surface area contributed by atoms with Crippen LogP contribution in [0.3, 0.4) is 0 Å². The van der Waals surface area contributed by atoms with Crippen molar-refractivity contribution in [3.8, 4) is 0 Å². The first kappa shape index (κ1) is 14.8. The van der Waals surface area contributed by atoms with Crippen LogP contribution in [0.5, 0.6) is 0 Å². The molecule has 2 aliphatic carbocycles. The molecule has 1 aromatic rings. The van der Waals surface area contributed by atoms with Crippen molar-refractivity contribution in [2.24, 2.45) is 11.8 Å². The normalized spacial score (nSPS) is 34.5. The maximum atomic E-state index is 12.0. The number of piperidine rings is 1. The lowest BCUT2D eigenvalue weighted by Crippen LogP contribution is -2.51. The van der Waals surface area contributed by atoms with E-state index in [0.717, 1.165) is 55.1 Å². The van der Waals surface area contributed by atoms with Crippen LogP contribution in [0.25, 0.3) is 0 Å². The predicted octanol–water partition coefficient (Wildman–Crippen LogP) is 4.12. The van der Waals surface area contributed by atoms with E-state index in [4.69, 9.17) is 4.74 Å². The standard InChI is InChI=1S/C20H26N2O2/c23-19-21-18-4-2-1-3-17(18)20(24-19)7-9-22(10-8-20)16-12-14-5-6-15(11-14)13-16/h1-4,14-16H,5-13H2,(H,21,23). The molecule has 1 N–H and O–H groups in total. The summed E-state index contributed by atoms with van der Waals surface area (Å²) in [7, 11) is 0. The average Bonchev–Trinajstić information content (AvgIpc) is 2.93. The van der Waals surface area contributed by atoms with Gasteiger partial charge in [0.05, 0.1) is 5.69 Å². The molecule has 128 valence electrons. The van der Waals surface area contributed by atoms with Crippen LogP contribution in [-0.2, 0) is 10.3 Å². The molecule has 3 fully saturated rings. The number of ether oxygens (including phenoxy) is 1. The average molecular weight is 326 g/mol. The van der Waals surface area contributed by atoms with E-state index in [1.165, 1.54) is 32.1 Å². The van der Waals surface area contributed by atoms with E-state index in [-0.39, 0.29) is 6.09 Å². The number of nitrogens with zero attached hydrogens (tertiary/aromatic N) is 1. The molecule has 0 radical (unpaired) electrons. The van der Waals surface area contributed by atoms with E-state index in [0.29, 0.717) is 0 Å². The third kappa shape index (κ3) is 2.34. The molecule has 1 saturated heterocycles. The lowest BCUT2D eigenvalue weighted by molar-refractivity contribution is -0.0509. The van der Waals surface area contributed by atoms with Crippen LogP contribution in [0.15, 0.2) is 24.3 Å². The number of benzene rings is 1. The topological polar surface area (TPSA) is 41.6 Å². The number of hydrogen-bond donors (Lipinski definition) is 1. The van der Waals surface area contributed by atoms with Crippen LogP contribution in [0.4, 0.5) is 10.5 Å². The van der Waals surface area contributed by atoms with Gasteiger partial charge in [-0.2, -0.15) is 0 Å². The maximum Gasteiger partial charge on any atom is 0.412 e. The fraction of sp³-hybridized carbons (Fsp3) is 0.650. The van der Waals surface area contributed by atoms with Crippen molar-refractivity contribution in [1.29, 1.82) is 0 Å². The zero-order valence-electron chi connectivity index (χ0n) is 14.2. The van der Waals surface area contributed by atoms with Gasteiger partial charge in [0.25, 0.3) is 0 Å². The second-order valence-electron chi connectivity index (χ2n) is 8.26. The molecule has 2 aliphatic heterocycles. The van der Waals surface area contributed by atoms with Crippen LogP contribution in [0.2, 0.25) is 0 Å². The van der Waals surface area contributed by atoms with Crippen molar-refractivity contribution in [2.75, 3.05) is 18.4 Å². The Balaban J connectivity index is 1.34. The Morgan fingerprint density at radius 2 is 1.75 bits per heavy atom. The number of likely N-dealkylation sites (tertiary alicyclic amines) is 1. The third-order valence-electron chi connectivity index (χ3n) is 6.93. The van der Waals surface area contributed by atoms with Crippen LogP contribution >= 0.6 is 0 Å². The quantitative estimate of drug-likeness (QED) is 0.844. The Morgan fingerprint density at radius 1 is 1.04 bits per heavy atom. The first-order chi connectivity index (χ1) is 11.7. The van der Waals surface area contributed by atoms with Crippen molar-refractivity contribution < 1.29 is 9.53 Å². The van der Waals surface area contributed by atoms with Gasteiger partial charge in [-0.1, -0.05) is 31.0 Å². The maximum absolute atomic E-state index is 12.0. The number of nitrogens with one attached hydrogen (secondary N) is 1. The van der Waals surface area contributed by atoms with Crippen molar-refractivity contribution in [1.82, 2.24) is 4.90 Å². The second-order valence-corrected chi connectivity index (χ2v) is 8.26. The summed E-state index contributed by atoms with van der Waals surface area (Å²) in [6, 6.07) is 8.90. The molecular weight excluding hydrogens is 300 g/mol. The zero-order chi connectivity index (χ0) is 16.1. The summed E-state index contributed by atoms with van der Waals surface area (Å²) in [6.07, 6.45) is 8.71. The van der Waals surface area contributed by atoms with Gasteiger partial charge in [0, 0.05) is 37.5 Å². The number of fused-ring (bicyclic) bond motifs is 4. The summed E-state index contributed by atoms with van der Waals surface area (Å²) in [5.41, 5.74) is 1.68. The molecular formula is C20H26N2O2. The minimum absolute atomic E-state index is 0.294. The van der Waals surface area contributed by atoms with Crippen molar-refractivity contribution in [3.63, 3.8) is 0 Å². The van der Waals surface area contributed by atoms with Gasteiger partial charge >= 0.3 is 6.09 Å². The van der Waals surface area contributed by atoms with E-state index < -0.39 is 5.60 Å². The van der Waals surface area contributed by atoms with Gasteiger partial charge in [0.2, 0.25) is 0 Å². The van der Waals surface area contributed by atoms with Gasteiger partial charge in [-0.3, -0.25) is 5.32 Å². The second kappa shape index (κ2) is 5.48. The Kier molecular flexibility index (Phi) is 3.37. The fourth-order valence-corrected chi connectivity index (χ4v) is 5.75. The summed E-state index contributed by atoms with van der Waals surface area (Å²) in [5.74, 6) is 1.95. The monoisotopic (exact) mass is 326 g/mol. The number of para-hydroxylation sites is 1. The minimum Gasteiger partial charge on any atom is -0.438 e. The molecule has 4 aliphatic rings. The van der Waals surface area contributed by atoms with E-state index in [9.17, 15) is 4.79 Å². The number of carbonyl (C=O) groups is 1. The van der Waals surface area contributed by atoms with Crippen LogP contribution < -0.4 is 5.32 Å². The van der Waals surface area contributed by atoms with Gasteiger partial charge in [0.15, 0.2) is 0 Å². The first-order valence-corrected chi connectivity index (χ1v) is 9.55. The van der Waals surface area contributed by atoms with Crippen LogP contribution in [0.1, 0.15) is 50.5 Å². The molecule has 2 atom stereocenters. The third-order valence-corrected chi connectivity index (χ3v) is 6.93. The number of rotatable bonds is 1. The van der Waals surface area contributed by atoms with E-state index >= 15 is 0 Å². The number of hydrogen-bond acceptors (Lipinski definition) is 3. The SMILES string of the molecule is O=C1Nc2ccccc2C2(CCN(C3CC4CCC(C4)C3)CC2)O1. The first-order valence-electron chi connectivity index (χ1n) is 9.55. The highest BCUT2D eigenvalue weighted by Crippen LogP contribution is 2.47. The van der Waals surface area contributed by atoms with Gasteiger partial charge in [-0.15, -0.1) is 0 Å². The molecule has 4 heteroatoms. The highest BCUT2D eigenvalue weighted by Gasteiger charge is 2.46. The number of anilines is 1. The van der Waals surface area contributed by atoms with E-state index in [1.54, 1.807) is 0 Å². The van der Waals surface area contributed by atoms with Crippen LogP contribution in [0, 0.1) is 11.8 Å². The molecule has 2 bridgehead atoms. The fourth-order valence-electron chi connectivity index (χ4n) is 5.75. The molecule has 1 spiro atoms. The Hall–Kier alpha value is -1.55. The van der Waals surface area contributed by atoms with Gasteiger partial charge in [0.1, 0.15) is 5.60 Å². The van der Waals surface area contributed by atoms with Gasteiger partial charge in [-0.05, 0) is 37.2 Å². The van der Waals surface area contributed by atoms with Gasteiger partial charge < -0.3 is 9.64 Å². The van der Waals surface area contributed by atoms with E-state index in [1.807, 2.05) is 18.2 Å². The molecule has 2 saturated carbocycles. The smallest absolute Gasteiger partial charge is 0.412 e. The summed E-state index contributed by atoms with van der Waals surface area (Å²) in [6.45, 7) is 2.09. The summed E-state index contributed by atoms with van der Waals surface area (Å²) in [4.78, 5) is 14.7. The molecule has 4 nitrogen and oxygen atoms in total. The largest absolute Gasteiger partial charge is 0.438 e. The number of carbonyl (C=O) groups excluding carboxylic acids is 1. The Bertz CT molecular complexity index is 639. The molecule has 1 amide bonds. The van der Waals surface area contributed by atoms with Crippen molar-refractivity contribution in [2.45, 2.75) is 56.6 Å². The van der Waals surface area contributed by atoms with Crippen LogP contribution in [-0.4, -0.2) is 30.1 Å². The Labute approximate surface area is 143 Å². The molecule has 2 unspecified atom stereocenters. The van der Waals surface area contributed by atoms with E-state index in [2.05, 4.69) is 16.3 Å². The zero-order valence-corrected chi connectivity index (χ0v) is 14.2. The molecule has 1 aromatic carbocycles. The lowest BCUT2D eigenvalue weighted by Gasteiger charge is -2.47. The lowest BCUT2D eigenvalue weighted by atomic mass is 9.79. The van der Waals surface area contributed by atoms with Crippen molar-refractivity contribution in [3.05, 3.63) is 29.8 Å². The summed E-state index contributed by atoms with van der Waals surface area (Å²) in [5, 5.41) is 2.85. The summed E-state index contributed by atoms with van der Waals surface area (Å²) >= 11 is 0. The Morgan fingerprint density at radius 3 is 2.50 bits per heavy atom.